The van der Waals surface area contributed by atoms with Crippen molar-refractivity contribution in [3.63, 3.8) is 0 Å². The van der Waals surface area contributed by atoms with Gasteiger partial charge in [0.2, 0.25) is 0 Å². The molecule has 3 amide bonds. The number of rotatable bonds is 8. The monoisotopic (exact) mass is 835 g/mol. The lowest BCUT2D eigenvalue weighted by molar-refractivity contribution is -0.00109. The number of piperazine rings is 1. The number of nitrogens with zero attached hydrogens (tertiary/aromatic N) is 7. The summed E-state index contributed by atoms with van der Waals surface area (Å²) in [5, 5.41) is 0.576. The Morgan fingerprint density at radius 1 is 0.709 bits per heavy atom. The average molecular weight is 838 g/mol. The summed E-state index contributed by atoms with van der Waals surface area (Å²) in [6.07, 6.45) is 9.22. The number of likely N-dealkylation sites (tertiary alicyclic amines) is 1. The van der Waals surface area contributed by atoms with Crippen LogP contribution in [0.3, 0.4) is 0 Å². The smallest absolute Gasteiger partial charge is 0.410 e. The molecule has 0 aromatic carbocycles. The van der Waals surface area contributed by atoms with Gasteiger partial charge in [0.25, 0.3) is 11.8 Å². The minimum Gasteiger partial charge on any atom is -0.490 e. The third-order valence-corrected chi connectivity index (χ3v) is 8.73. The number of hydrogen-bond acceptors (Lipinski definition) is 10. The van der Waals surface area contributed by atoms with Gasteiger partial charge in [0.15, 0.2) is 0 Å². The predicted molar refractivity (Wildman–Crippen MR) is 214 cm³/mol. The molecule has 2 aliphatic heterocycles. The van der Waals surface area contributed by atoms with Crippen LogP contribution >= 0.6 is 48.0 Å². The lowest BCUT2D eigenvalue weighted by Crippen LogP contribution is -2.59. The zero-order valence-corrected chi connectivity index (χ0v) is 33.9. The molecule has 2 aliphatic rings. The van der Waals surface area contributed by atoms with Gasteiger partial charge in [0.05, 0.1) is 24.5 Å². The Balaban J connectivity index is 0.000000294. The first-order valence-electron chi connectivity index (χ1n) is 17.4. The standard InChI is InChI=1S/C21H25ClN4O4.C17H18ClN3O2.2ClH/c1-21(2,3)30-20(28)25-10-11-26(19(27)17-7-4-8-18(22)24-17)15(13-25)14-29-16-6-5-9-23-12-16;18-16-8-3-7-15(20-16)17(22)21-10-2-1-5-13(21)12-23-14-6-4-9-19-11-14;;/h4-9,12,15H,10-11,13-14H2,1-3H3;3-4,6-9,11,13H,1-2,5,10,12H2;2*1H. The summed E-state index contributed by atoms with van der Waals surface area (Å²) in [4.78, 5) is 59.7. The highest BCUT2D eigenvalue weighted by atomic mass is 35.5. The molecule has 0 aliphatic carbocycles. The van der Waals surface area contributed by atoms with E-state index in [0.29, 0.717) is 48.6 Å². The molecule has 296 valence electrons. The van der Waals surface area contributed by atoms with E-state index in [4.69, 9.17) is 37.4 Å². The Morgan fingerprint density at radius 3 is 1.73 bits per heavy atom. The molecule has 17 heteroatoms. The second-order valence-corrected chi connectivity index (χ2v) is 14.2. The maximum Gasteiger partial charge on any atom is 0.410 e. The van der Waals surface area contributed by atoms with Crippen LogP contribution in [0, 0.1) is 0 Å². The fourth-order valence-electron chi connectivity index (χ4n) is 5.80. The van der Waals surface area contributed by atoms with Gasteiger partial charge < -0.3 is 28.9 Å². The van der Waals surface area contributed by atoms with E-state index in [1.165, 1.54) is 0 Å². The van der Waals surface area contributed by atoms with Crippen molar-refractivity contribution >= 4 is 65.9 Å². The number of carbonyl (C=O) groups is 3. The number of piperidine rings is 1. The highest BCUT2D eigenvalue weighted by Gasteiger charge is 2.36. The number of amides is 3. The SMILES string of the molecule is CC(C)(C)OC(=O)N1CCN(C(=O)c2cccc(Cl)n2)C(COc2cccnc2)C1.Cl.Cl.O=C(c1cccc(Cl)n1)N1CCCCC1COc1cccnc1. The fourth-order valence-corrected chi connectivity index (χ4v) is 6.13. The van der Waals surface area contributed by atoms with E-state index in [1.54, 1.807) is 83.1 Å². The summed E-state index contributed by atoms with van der Waals surface area (Å²) in [6.45, 7) is 7.78. The molecule has 6 heterocycles. The van der Waals surface area contributed by atoms with Crippen molar-refractivity contribution in [3.05, 3.63) is 107 Å². The molecule has 2 saturated heterocycles. The van der Waals surface area contributed by atoms with Crippen LogP contribution in [-0.4, -0.2) is 110 Å². The molecule has 2 unspecified atom stereocenters. The van der Waals surface area contributed by atoms with E-state index in [2.05, 4.69) is 19.9 Å². The van der Waals surface area contributed by atoms with Crippen molar-refractivity contribution in [2.75, 3.05) is 39.4 Å². The molecular formula is C38H45Cl4N7O6. The van der Waals surface area contributed by atoms with E-state index in [9.17, 15) is 14.4 Å². The molecule has 2 fully saturated rings. The minimum atomic E-state index is -0.601. The Kier molecular flexibility index (Phi) is 17.7. The van der Waals surface area contributed by atoms with Crippen molar-refractivity contribution in [2.24, 2.45) is 0 Å². The summed E-state index contributed by atoms with van der Waals surface area (Å²) in [5.41, 5.74) is 0.0292. The lowest BCUT2D eigenvalue weighted by Gasteiger charge is -2.41. The van der Waals surface area contributed by atoms with Crippen LogP contribution in [0.4, 0.5) is 4.79 Å². The molecular weight excluding hydrogens is 792 g/mol. The van der Waals surface area contributed by atoms with Gasteiger partial charge >= 0.3 is 6.09 Å². The van der Waals surface area contributed by atoms with Gasteiger partial charge in [-0.25, -0.2) is 14.8 Å². The highest BCUT2D eigenvalue weighted by molar-refractivity contribution is 6.29. The Labute approximate surface area is 343 Å². The van der Waals surface area contributed by atoms with Crippen LogP contribution in [0.15, 0.2) is 85.5 Å². The number of hydrogen-bond donors (Lipinski definition) is 0. The first-order valence-corrected chi connectivity index (χ1v) is 18.1. The number of carbonyl (C=O) groups excluding carboxylic acids is 3. The molecule has 0 N–H and O–H groups in total. The minimum absolute atomic E-state index is 0. The van der Waals surface area contributed by atoms with E-state index < -0.39 is 11.7 Å². The topological polar surface area (TPSA) is 140 Å². The van der Waals surface area contributed by atoms with Crippen molar-refractivity contribution < 1.29 is 28.6 Å². The van der Waals surface area contributed by atoms with Gasteiger partial charge in [0.1, 0.15) is 52.0 Å². The summed E-state index contributed by atoms with van der Waals surface area (Å²) in [7, 11) is 0. The van der Waals surface area contributed by atoms with Gasteiger partial charge in [-0.2, -0.15) is 0 Å². The molecule has 2 atom stereocenters. The van der Waals surface area contributed by atoms with Gasteiger partial charge in [-0.15, -0.1) is 24.8 Å². The van der Waals surface area contributed by atoms with Gasteiger partial charge in [-0.1, -0.05) is 35.3 Å². The molecule has 0 spiro atoms. The molecule has 4 aromatic heterocycles. The van der Waals surface area contributed by atoms with E-state index in [0.717, 1.165) is 19.3 Å². The molecule has 13 nitrogen and oxygen atoms in total. The third-order valence-electron chi connectivity index (χ3n) is 8.31. The van der Waals surface area contributed by atoms with Crippen molar-refractivity contribution in [2.45, 2.75) is 57.7 Å². The largest absolute Gasteiger partial charge is 0.490 e. The maximum atomic E-state index is 13.1. The van der Waals surface area contributed by atoms with Gasteiger partial charge in [-0.05, 0) is 88.6 Å². The van der Waals surface area contributed by atoms with E-state index >= 15 is 0 Å². The summed E-state index contributed by atoms with van der Waals surface area (Å²) in [6, 6.07) is 16.9. The first kappa shape index (κ1) is 45.0. The summed E-state index contributed by atoms with van der Waals surface area (Å²) >= 11 is 11.8. The zero-order valence-electron chi connectivity index (χ0n) is 30.8. The van der Waals surface area contributed by atoms with Crippen LogP contribution in [0.5, 0.6) is 11.5 Å². The van der Waals surface area contributed by atoms with Crippen molar-refractivity contribution in [1.29, 1.82) is 0 Å². The number of ether oxygens (including phenoxy) is 3. The predicted octanol–water partition coefficient (Wildman–Crippen LogP) is 7.32. The molecule has 0 saturated carbocycles. The highest BCUT2D eigenvalue weighted by Crippen LogP contribution is 2.22. The van der Waals surface area contributed by atoms with Gasteiger partial charge in [0, 0.05) is 38.6 Å². The molecule has 0 radical (unpaired) electrons. The van der Waals surface area contributed by atoms with Crippen LogP contribution in [0.25, 0.3) is 0 Å². The quantitative estimate of drug-likeness (QED) is 0.166. The summed E-state index contributed by atoms with van der Waals surface area (Å²) < 4.78 is 17.1. The average Bonchev–Trinajstić information content (AvgIpc) is 3.16. The lowest BCUT2D eigenvalue weighted by atomic mass is 10.0. The second kappa shape index (κ2) is 21.6. The van der Waals surface area contributed by atoms with Crippen LogP contribution in [0.2, 0.25) is 10.3 Å². The Bertz CT molecular complexity index is 1820. The van der Waals surface area contributed by atoms with E-state index in [-0.39, 0.29) is 72.7 Å². The summed E-state index contributed by atoms with van der Waals surface area (Å²) in [5.74, 6) is 0.944. The molecule has 4 aromatic rings. The van der Waals surface area contributed by atoms with Crippen molar-refractivity contribution in [3.8, 4) is 11.5 Å². The fraction of sp³-hybridized carbons (Fsp3) is 0.395. The van der Waals surface area contributed by atoms with Crippen molar-refractivity contribution in [1.82, 2.24) is 34.6 Å². The van der Waals surface area contributed by atoms with Crippen LogP contribution in [0.1, 0.15) is 61.0 Å². The van der Waals surface area contributed by atoms with Crippen LogP contribution in [-0.2, 0) is 4.74 Å². The number of halogens is 4. The maximum absolute atomic E-state index is 13.1. The van der Waals surface area contributed by atoms with Gasteiger partial charge in [-0.3, -0.25) is 19.6 Å². The van der Waals surface area contributed by atoms with E-state index in [1.807, 2.05) is 37.8 Å². The normalized spacial score (nSPS) is 16.6. The number of aromatic nitrogens is 4. The first-order chi connectivity index (χ1) is 25.5. The second-order valence-electron chi connectivity index (χ2n) is 13.4. The third kappa shape index (κ3) is 13.7. The molecule has 6 rings (SSSR count). The van der Waals surface area contributed by atoms with Crippen LogP contribution < -0.4 is 9.47 Å². The zero-order chi connectivity index (χ0) is 37.8. The molecule has 0 bridgehead atoms. The Hall–Kier alpha value is -4.43. The molecule has 55 heavy (non-hydrogen) atoms. The number of pyridine rings is 4. The Morgan fingerprint density at radius 2 is 1.24 bits per heavy atom.